The maximum absolute atomic E-state index is 12.2. The zero-order chi connectivity index (χ0) is 13.6. The lowest BCUT2D eigenvalue weighted by Gasteiger charge is -2.39. The SMILES string of the molecule is CCCCCC(C)NC(=O)C1(C(N)=NO)CCC1. The Kier molecular flexibility index (Phi) is 5.44. The highest BCUT2D eigenvalue weighted by Crippen LogP contribution is 2.41. The average molecular weight is 255 g/mol. The Balaban J connectivity index is 2.48. The van der Waals surface area contributed by atoms with Gasteiger partial charge in [-0.15, -0.1) is 0 Å². The Morgan fingerprint density at radius 2 is 2.17 bits per heavy atom. The number of nitrogens with two attached hydrogens (primary N) is 1. The second kappa shape index (κ2) is 6.61. The first kappa shape index (κ1) is 14.8. The number of carbonyl (C=O) groups is 1. The van der Waals surface area contributed by atoms with E-state index < -0.39 is 5.41 Å². The number of rotatable bonds is 7. The van der Waals surface area contributed by atoms with Crippen LogP contribution in [0.2, 0.25) is 0 Å². The van der Waals surface area contributed by atoms with Gasteiger partial charge in [-0.1, -0.05) is 37.8 Å². The highest BCUT2D eigenvalue weighted by atomic mass is 16.4. The van der Waals surface area contributed by atoms with E-state index in [0.717, 1.165) is 19.3 Å². The first-order valence-corrected chi connectivity index (χ1v) is 6.85. The van der Waals surface area contributed by atoms with Gasteiger partial charge >= 0.3 is 0 Å². The molecule has 1 amide bonds. The van der Waals surface area contributed by atoms with Crippen molar-refractivity contribution in [1.29, 1.82) is 0 Å². The molecule has 0 radical (unpaired) electrons. The van der Waals surface area contributed by atoms with Crippen LogP contribution in [0.1, 0.15) is 58.8 Å². The largest absolute Gasteiger partial charge is 0.409 e. The number of amidine groups is 1. The van der Waals surface area contributed by atoms with Gasteiger partial charge in [-0.3, -0.25) is 4.79 Å². The first-order chi connectivity index (χ1) is 8.56. The minimum absolute atomic E-state index is 0.0482. The number of hydrogen-bond acceptors (Lipinski definition) is 3. The van der Waals surface area contributed by atoms with Crippen molar-refractivity contribution in [3.8, 4) is 0 Å². The van der Waals surface area contributed by atoms with Crippen LogP contribution in [0.25, 0.3) is 0 Å². The molecule has 1 atom stereocenters. The molecule has 104 valence electrons. The Bertz CT molecular complexity index is 311. The van der Waals surface area contributed by atoms with Crippen LogP contribution in [0.4, 0.5) is 0 Å². The third-order valence-corrected chi connectivity index (χ3v) is 3.86. The summed E-state index contributed by atoms with van der Waals surface area (Å²) in [6.45, 7) is 4.16. The second-order valence-electron chi connectivity index (χ2n) is 5.29. The summed E-state index contributed by atoms with van der Waals surface area (Å²) in [4.78, 5) is 12.2. The van der Waals surface area contributed by atoms with Gasteiger partial charge in [0.05, 0.1) is 0 Å². The number of oxime groups is 1. The van der Waals surface area contributed by atoms with Crippen molar-refractivity contribution >= 4 is 11.7 Å². The van der Waals surface area contributed by atoms with E-state index in [1.54, 1.807) is 0 Å². The summed E-state index contributed by atoms with van der Waals surface area (Å²) in [5.74, 6) is -0.0416. The normalized spacial score (nSPS) is 20.0. The van der Waals surface area contributed by atoms with E-state index in [-0.39, 0.29) is 17.8 Å². The molecular formula is C13H25N3O2. The molecule has 1 aliphatic rings. The Labute approximate surface area is 109 Å². The fraction of sp³-hybridized carbons (Fsp3) is 0.846. The highest BCUT2D eigenvalue weighted by molar-refractivity contribution is 6.07. The lowest BCUT2D eigenvalue weighted by Crippen LogP contribution is -2.55. The summed E-state index contributed by atoms with van der Waals surface area (Å²) in [5.41, 5.74) is 4.89. The molecule has 1 rings (SSSR count). The maximum Gasteiger partial charge on any atom is 0.234 e. The van der Waals surface area contributed by atoms with Crippen LogP contribution in [0.15, 0.2) is 5.16 Å². The van der Waals surface area contributed by atoms with E-state index in [2.05, 4.69) is 17.4 Å². The zero-order valence-electron chi connectivity index (χ0n) is 11.4. The molecule has 18 heavy (non-hydrogen) atoms. The van der Waals surface area contributed by atoms with Crippen LogP contribution in [-0.4, -0.2) is 23.0 Å². The van der Waals surface area contributed by atoms with Gasteiger partial charge in [-0.05, 0) is 26.2 Å². The predicted molar refractivity (Wildman–Crippen MR) is 71.4 cm³/mol. The minimum Gasteiger partial charge on any atom is -0.409 e. The van der Waals surface area contributed by atoms with Crippen LogP contribution in [0.3, 0.4) is 0 Å². The summed E-state index contributed by atoms with van der Waals surface area (Å²) in [5, 5.41) is 14.8. The summed E-state index contributed by atoms with van der Waals surface area (Å²) in [6, 6.07) is 0.146. The molecule has 1 aliphatic carbocycles. The van der Waals surface area contributed by atoms with Crippen LogP contribution in [0, 0.1) is 5.41 Å². The van der Waals surface area contributed by atoms with Gasteiger partial charge in [0, 0.05) is 6.04 Å². The van der Waals surface area contributed by atoms with Crippen LogP contribution >= 0.6 is 0 Å². The molecule has 0 aliphatic heterocycles. The average Bonchev–Trinajstić information content (AvgIpc) is 2.27. The summed E-state index contributed by atoms with van der Waals surface area (Å²) >= 11 is 0. The molecule has 1 saturated carbocycles. The van der Waals surface area contributed by atoms with Gasteiger partial charge in [0.25, 0.3) is 0 Å². The van der Waals surface area contributed by atoms with Gasteiger partial charge < -0.3 is 16.3 Å². The van der Waals surface area contributed by atoms with E-state index in [1.807, 2.05) is 6.92 Å². The van der Waals surface area contributed by atoms with E-state index >= 15 is 0 Å². The minimum atomic E-state index is -0.756. The van der Waals surface area contributed by atoms with Crippen LogP contribution < -0.4 is 11.1 Å². The quantitative estimate of drug-likeness (QED) is 0.214. The second-order valence-corrected chi connectivity index (χ2v) is 5.29. The van der Waals surface area contributed by atoms with Gasteiger partial charge in [-0.25, -0.2) is 0 Å². The monoisotopic (exact) mass is 255 g/mol. The molecule has 0 bridgehead atoms. The Morgan fingerprint density at radius 1 is 1.50 bits per heavy atom. The van der Waals surface area contributed by atoms with Crippen molar-refractivity contribution in [3.63, 3.8) is 0 Å². The van der Waals surface area contributed by atoms with Gasteiger partial charge in [0.2, 0.25) is 5.91 Å². The number of amides is 1. The molecular weight excluding hydrogens is 230 g/mol. The number of hydrogen-bond donors (Lipinski definition) is 3. The Hall–Kier alpha value is -1.26. The van der Waals surface area contributed by atoms with Gasteiger partial charge in [0.15, 0.2) is 5.84 Å². The number of nitrogens with one attached hydrogen (secondary N) is 1. The highest BCUT2D eigenvalue weighted by Gasteiger charge is 2.48. The summed E-state index contributed by atoms with van der Waals surface area (Å²) in [6.07, 6.45) is 6.77. The first-order valence-electron chi connectivity index (χ1n) is 6.85. The third-order valence-electron chi connectivity index (χ3n) is 3.86. The molecule has 4 N–H and O–H groups in total. The fourth-order valence-corrected chi connectivity index (χ4v) is 2.36. The van der Waals surface area contributed by atoms with Crippen LogP contribution in [-0.2, 0) is 4.79 Å². The zero-order valence-corrected chi connectivity index (χ0v) is 11.4. The lowest BCUT2D eigenvalue weighted by atomic mass is 9.67. The molecule has 5 nitrogen and oxygen atoms in total. The molecule has 5 heteroatoms. The van der Waals surface area contributed by atoms with E-state index in [9.17, 15) is 4.79 Å². The smallest absolute Gasteiger partial charge is 0.234 e. The van der Waals surface area contributed by atoms with Crippen molar-refractivity contribution in [2.45, 2.75) is 64.8 Å². The summed E-state index contributed by atoms with van der Waals surface area (Å²) in [7, 11) is 0. The van der Waals surface area contributed by atoms with Crippen molar-refractivity contribution in [2.75, 3.05) is 0 Å². The van der Waals surface area contributed by atoms with Crippen LogP contribution in [0.5, 0.6) is 0 Å². The van der Waals surface area contributed by atoms with E-state index in [1.165, 1.54) is 12.8 Å². The number of unbranched alkanes of at least 4 members (excludes halogenated alkanes) is 2. The standard InChI is InChI=1S/C13H25N3O2/c1-3-4-5-7-10(2)15-12(17)13(8-6-9-13)11(14)16-18/h10,18H,3-9H2,1-2H3,(H2,14,16)(H,15,17). The topological polar surface area (TPSA) is 87.7 Å². The number of carbonyl (C=O) groups excluding carboxylic acids is 1. The van der Waals surface area contributed by atoms with Crippen molar-refractivity contribution in [3.05, 3.63) is 0 Å². The third kappa shape index (κ3) is 3.15. The van der Waals surface area contributed by atoms with Crippen molar-refractivity contribution in [1.82, 2.24) is 5.32 Å². The molecule has 0 aromatic heterocycles. The molecule has 0 heterocycles. The molecule has 0 spiro atoms. The van der Waals surface area contributed by atoms with E-state index in [0.29, 0.717) is 12.8 Å². The molecule has 0 saturated heterocycles. The van der Waals surface area contributed by atoms with Gasteiger partial charge in [0.1, 0.15) is 5.41 Å². The molecule has 0 aromatic rings. The van der Waals surface area contributed by atoms with Gasteiger partial charge in [-0.2, -0.15) is 0 Å². The van der Waals surface area contributed by atoms with Crippen molar-refractivity contribution < 1.29 is 10.0 Å². The molecule has 1 unspecified atom stereocenters. The van der Waals surface area contributed by atoms with Crippen molar-refractivity contribution in [2.24, 2.45) is 16.3 Å². The maximum atomic E-state index is 12.2. The Morgan fingerprint density at radius 3 is 2.61 bits per heavy atom. The molecule has 1 fully saturated rings. The van der Waals surface area contributed by atoms with E-state index in [4.69, 9.17) is 10.9 Å². The number of nitrogens with zero attached hydrogens (tertiary/aromatic N) is 1. The predicted octanol–water partition coefficient (Wildman–Crippen LogP) is 1.99. The fourth-order valence-electron chi connectivity index (χ4n) is 2.36. The summed E-state index contributed by atoms with van der Waals surface area (Å²) < 4.78 is 0. The molecule has 0 aromatic carbocycles. The lowest BCUT2D eigenvalue weighted by molar-refractivity contribution is -0.131.